The largest absolute Gasteiger partial charge is 0.472 e. The highest BCUT2D eigenvalue weighted by molar-refractivity contribution is 7.47. The summed E-state index contributed by atoms with van der Waals surface area (Å²) in [5.41, 5.74) is 0. The second-order valence-electron chi connectivity index (χ2n) is 12.3. The topological polar surface area (TPSA) is 108 Å². The molecule has 306 valence electrons. The lowest BCUT2D eigenvalue weighted by Crippen LogP contribution is -2.29. The molecule has 2 atom stereocenters. The van der Waals surface area contributed by atoms with Gasteiger partial charge in [-0.15, -0.1) is 0 Å². The van der Waals surface area contributed by atoms with E-state index in [1.54, 1.807) is 0 Å². The van der Waals surface area contributed by atoms with Gasteiger partial charge < -0.3 is 14.4 Å². The van der Waals surface area contributed by atoms with Crippen LogP contribution in [0.5, 0.6) is 0 Å². The van der Waals surface area contributed by atoms with Crippen LogP contribution in [0.1, 0.15) is 117 Å². The Bertz CT molecular complexity index is 1340. The summed E-state index contributed by atoms with van der Waals surface area (Å²) >= 11 is 0. The number of rotatable bonds is 34. The van der Waals surface area contributed by atoms with Crippen molar-refractivity contribution in [1.29, 1.82) is 0 Å². The van der Waals surface area contributed by atoms with Crippen LogP contribution in [0.2, 0.25) is 0 Å². The van der Waals surface area contributed by atoms with E-state index in [0.29, 0.717) is 12.8 Å². The molecule has 0 aromatic carbocycles. The molecule has 0 radical (unpaired) electrons. The van der Waals surface area contributed by atoms with Crippen LogP contribution in [0.4, 0.5) is 0 Å². The Morgan fingerprint density at radius 1 is 0.509 bits per heavy atom. The second kappa shape index (κ2) is 39.9. The number of carbonyl (C=O) groups excluding carboxylic acids is 2. The molecule has 8 nitrogen and oxygen atoms in total. The highest BCUT2D eigenvalue weighted by atomic mass is 31.2. The molecule has 0 amide bonds. The lowest BCUT2D eigenvalue weighted by atomic mass is 10.2. The van der Waals surface area contributed by atoms with Gasteiger partial charge in [-0.3, -0.25) is 18.6 Å². The molecule has 0 rings (SSSR count). The Morgan fingerprint density at radius 2 is 0.873 bits per heavy atom. The van der Waals surface area contributed by atoms with Crippen molar-refractivity contribution in [2.75, 3.05) is 20.3 Å². The summed E-state index contributed by atoms with van der Waals surface area (Å²) in [6.45, 7) is 3.52. The molecule has 9 heteroatoms. The second-order valence-corrected chi connectivity index (χ2v) is 13.9. The van der Waals surface area contributed by atoms with Crippen LogP contribution in [0.15, 0.2) is 134 Å². The molecule has 0 aliphatic carbocycles. The lowest BCUT2D eigenvalue weighted by Gasteiger charge is -2.19. The van der Waals surface area contributed by atoms with Crippen molar-refractivity contribution < 1.29 is 37.6 Å². The molecule has 0 aliphatic rings. The van der Waals surface area contributed by atoms with Gasteiger partial charge >= 0.3 is 19.8 Å². The summed E-state index contributed by atoms with van der Waals surface area (Å²) in [5.74, 6) is -0.988. The summed E-state index contributed by atoms with van der Waals surface area (Å²) in [5, 5.41) is 0. The number of hydrogen-bond donors (Lipinski definition) is 1. The number of carbonyl (C=O) groups is 2. The number of ether oxygens (including phenoxy) is 2. The third-order valence-corrected chi connectivity index (χ3v) is 8.34. The van der Waals surface area contributed by atoms with Crippen molar-refractivity contribution in [2.45, 2.75) is 123 Å². The number of phosphoric acid groups is 1. The van der Waals surface area contributed by atoms with Crippen molar-refractivity contribution in [3.63, 3.8) is 0 Å². The van der Waals surface area contributed by atoms with Crippen molar-refractivity contribution in [2.24, 2.45) is 0 Å². The normalized spacial score (nSPS) is 14.8. The first kappa shape index (κ1) is 51.2. The third-order valence-electron chi connectivity index (χ3n) is 7.40. The van der Waals surface area contributed by atoms with E-state index >= 15 is 0 Å². The van der Waals surface area contributed by atoms with E-state index in [9.17, 15) is 19.0 Å². The quantitative estimate of drug-likeness (QED) is 0.0298. The molecule has 0 aromatic heterocycles. The van der Waals surface area contributed by atoms with Crippen molar-refractivity contribution in [3.05, 3.63) is 134 Å². The van der Waals surface area contributed by atoms with E-state index < -0.39 is 32.5 Å². The van der Waals surface area contributed by atoms with Crippen LogP contribution in [0.3, 0.4) is 0 Å². The van der Waals surface area contributed by atoms with Crippen molar-refractivity contribution >= 4 is 19.8 Å². The van der Waals surface area contributed by atoms with Gasteiger partial charge in [0.05, 0.1) is 6.61 Å². The monoisotopic (exact) mass is 780 g/mol. The average Bonchev–Trinajstić information content (AvgIpc) is 3.18. The average molecular weight is 781 g/mol. The van der Waals surface area contributed by atoms with Crippen LogP contribution in [-0.2, 0) is 32.7 Å². The third kappa shape index (κ3) is 39.7. The van der Waals surface area contributed by atoms with Gasteiger partial charge in [0.2, 0.25) is 0 Å². The van der Waals surface area contributed by atoms with Crippen molar-refractivity contribution in [3.8, 4) is 0 Å². The first-order valence-electron chi connectivity index (χ1n) is 19.9. The van der Waals surface area contributed by atoms with Gasteiger partial charge in [0, 0.05) is 20.0 Å². The van der Waals surface area contributed by atoms with Gasteiger partial charge in [-0.1, -0.05) is 148 Å². The predicted octanol–water partition coefficient (Wildman–Crippen LogP) is 12.6. The van der Waals surface area contributed by atoms with Crippen LogP contribution in [-0.4, -0.2) is 43.3 Å². The van der Waals surface area contributed by atoms with Crippen LogP contribution >= 0.6 is 7.82 Å². The SMILES string of the molecule is CC/C=C\C/C=C\C/C=C\C/C=C\C/C=C\C/C=C\CCC(=O)OC(COC(=O)CCC/C=C\C/C=C\C/C=C\C/C=C\C/C=C\CC)COP(=O)(O)OC. The molecule has 0 bridgehead atoms. The minimum atomic E-state index is -4.30. The number of hydrogen-bond acceptors (Lipinski definition) is 7. The smallest absolute Gasteiger partial charge is 0.462 e. The van der Waals surface area contributed by atoms with E-state index in [0.717, 1.165) is 84.2 Å². The molecule has 2 unspecified atom stereocenters. The zero-order valence-electron chi connectivity index (χ0n) is 33.8. The molecule has 0 saturated carbocycles. The Labute approximate surface area is 333 Å². The highest BCUT2D eigenvalue weighted by Crippen LogP contribution is 2.42. The van der Waals surface area contributed by atoms with Gasteiger partial charge in [0.25, 0.3) is 0 Å². The fraction of sp³-hybridized carbons (Fsp3) is 0.478. The predicted molar refractivity (Wildman–Crippen MR) is 229 cm³/mol. The maximum absolute atomic E-state index is 12.5. The van der Waals surface area contributed by atoms with Gasteiger partial charge in [-0.2, -0.15) is 0 Å². The van der Waals surface area contributed by atoms with Crippen LogP contribution < -0.4 is 0 Å². The highest BCUT2D eigenvalue weighted by Gasteiger charge is 2.24. The zero-order chi connectivity index (χ0) is 40.3. The van der Waals surface area contributed by atoms with Gasteiger partial charge in [0.15, 0.2) is 6.10 Å². The first-order chi connectivity index (χ1) is 26.8. The molecular formula is C46H69O8P. The number of allylic oxidation sites excluding steroid dienone is 22. The summed E-state index contributed by atoms with van der Waals surface area (Å²) < 4.78 is 31.8. The number of unbranched alkanes of at least 4 members (excludes halogenated alkanes) is 1. The molecule has 0 saturated heterocycles. The zero-order valence-corrected chi connectivity index (χ0v) is 34.7. The van der Waals surface area contributed by atoms with E-state index in [1.807, 2.05) is 18.2 Å². The Hall–Kier alpha value is -3.81. The molecule has 55 heavy (non-hydrogen) atoms. The Morgan fingerprint density at radius 3 is 1.25 bits per heavy atom. The van der Waals surface area contributed by atoms with Gasteiger partial charge in [-0.25, -0.2) is 4.57 Å². The van der Waals surface area contributed by atoms with E-state index in [1.165, 1.54) is 0 Å². The van der Waals surface area contributed by atoms with Gasteiger partial charge in [0.1, 0.15) is 6.61 Å². The Kier molecular flexibility index (Phi) is 37.1. The minimum Gasteiger partial charge on any atom is -0.462 e. The maximum Gasteiger partial charge on any atom is 0.472 e. The van der Waals surface area contributed by atoms with E-state index in [-0.39, 0.29) is 19.4 Å². The van der Waals surface area contributed by atoms with Crippen LogP contribution in [0.25, 0.3) is 0 Å². The van der Waals surface area contributed by atoms with Crippen molar-refractivity contribution in [1.82, 2.24) is 0 Å². The first-order valence-corrected chi connectivity index (χ1v) is 21.4. The molecule has 0 fully saturated rings. The minimum absolute atomic E-state index is 0.0981. The molecular weight excluding hydrogens is 711 g/mol. The summed E-state index contributed by atoms with van der Waals surface area (Å²) in [6, 6.07) is 0. The van der Waals surface area contributed by atoms with Crippen LogP contribution in [0, 0.1) is 0 Å². The van der Waals surface area contributed by atoms with E-state index in [2.05, 4.69) is 134 Å². The molecule has 0 aromatic rings. The standard InChI is InChI=1S/C46H69O8P/c1-4-6-8-10-12-14-16-18-20-22-23-25-27-29-31-33-35-37-39-41-46(48)54-44(43-53-55(49,50)51-3)42-52-45(47)40-38-36-34-32-30-28-26-24-21-19-17-15-13-11-9-7-5-2/h6-9,12-15,18-21,23,25-26,28-29,31-32,34-35,37,44H,4-5,10-11,16-17,22,24,27,30,33,36,38-43H2,1-3H3,(H,49,50)/b8-6-,9-7-,14-12-,15-13-,20-18-,21-19-,25-23-,28-26-,31-29-,34-32-,37-35-. The fourth-order valence-corrected chi connectivity index (χ4v) is 4.88. The Balaban J connectivity index is 4.31. The summed E-state index contributed by atoms with van der Waals surface area (Å²) in [6.07, 6.45) is 58.1. The molecule has 0 spiro atoms. The fourth-order valence-electron chi connectivity index (χ4n) is 4.42. The van der Waals surface area contributed by atoms with E-state index in [4.69, 9.17) is 14.0 Å². The summed E-state index contributed by atoms with van der Waals surface area (Å²) in [4.78, 5) is 34.4. The molecule has 0 aliphatic heterocycles. The number of esters is 2. The molecule has 1 N–H and O–H groups in total. The summed E-state index contributed by atoms with van der Waals surface area (Å²) in [7, 11) is -3.27. The number of phosphoric ester groups is 1. The molecule has 0 heterocycles. The van der Waals surface area contributed by atoms with Gasteiger partial charge in [-0.05, 0) is 89.9 Å². The maximum atomic E-state index is 12.5. The lowest BCUT2D eigenvalue weighted by molar-refractivity contribution is -0.161.